The Kier molecular flexibility index (Phi) is 6.46. The first-order valence-corrected chi connectivity index (χ1v) is 8.91. The van der Waals surface area contributed by atoms with Crippen LogP contribution in [0.1, 0.15) is 41.7 Å². The number of hydrogen-bond acceptors (Lipinski definition) is 6. The quantitative estimate of drug-likeness (QED) is 0.756. The molecule has 0 atom stereocenters. The summed E-state index contributed by atoms with van der Waals surface area (Å²) in [6.45, 7) is 6.68. The summed E-state index contributed by atoms with van der Waals surface area (Å²) in [7, 11) is 0. The molecule has 0 fully saturated rings. The van der Waals surface area contributed by atoms with E-state index in [-0.39, 0.29) is 24.3 Å². The van der Waals surface area contributed by atoms with Gasteiger partial charge in [-0.3, -0.25) is 9.59 Å². The number of nitrogens with one attached hydrogen (secondary N) is 2. The zero-order valence-corrected chi connectivity index (χ0v) is 15.9. The Morgan fingerprint density at radius 3 is 2.38 bits per heavy atom. The Labute approximate surface area is 155 Å². The summed E-state index contributed by atoms with van der Waals surface area (Å²) in [5, 5.41) is 5.72. The molecule has 0 radical (unpaired) electrons. The lowest BCUT2D eigenvalue weighted by molar-refractivity contribution is -0.116. The number of benzene rings is 1. The minimum absolute atomic E-state index is 0.151. The van der Waals surface area contributed by atoms with Crippen LogP contribution in [0.3, 0.4) is 0 Å². The molecule has 1 aromatic heterocycles. The van der Waals surface area contributed by atoms with Gasteiger partial charge < -0.3 is 15.4 Å². The standard InChI is InChI=1S/C18H21N3O4S/c1-10(2)25-17(24)16-11(3)19-18(26-16)21-15(23)9-13-5-7-14(8-6-13)20-12(4)22/h5-8,10H,9H2,1-4H3,(H,20,22)(H,19,21,23). The van der Waals surface area contributed by atoms with Gasteiger partial charge in [-0.25, -0.2) is 9.78 Å². The molecule has 0 aliphatic rings. The van der Waals surface area contributed by atoms with E-state index in [0.717, 1.165) is 16.9 Å². The number of nitrogens with zero attached hydrogens (tertiary/aromatic N) is 1. The van der Waals surface area contributed by atoms with Crippen LogP contribution in [0.15, 0.2) is 24.3 Å². The maximum atomic E-state index is 12.2. The SMILES string of the molecule is CC(=O)Nc1ccc(CC(=O)Nc2nc(C)c(C(=O)OC(C)C)s2)cc1. The third kappa shape index (κ3) is 5.66. The minimum Gasteiger partial charge on any atom is -0.459 e. The maximum absolute atomic E-state index is 12.2. The molecule has 0 aliphatic carbocycles. The van der Waals surface area contributed by atoms with Crippen LogP contribution in [0.2, 0.25) is 0 Å². The van der Waals surface area contributed by atoms with Crippen molar-refractivity contribution < 1.29 is 19.1 Å². The lowest BCUT2D eigenvalue weighted by Gasteiger charge is -2.06. The first-order chi connectivity index (χ1) is 12.2. The Balaban J connectivity index is 1.97. The topological polar surface area (TPSA) is 97.4 Å². The molecule has 2 aromatic rings. The number of aromatic nitrogens is 1. The molecule has 2 amide bonds. The first-order valence-electron chi connectivity index (χ1n) is 8.09. The first kappa shape index (κ1) is 19.6. The van der Waals surface area contributed by atoms with E-state index in [1.165, 1.54) is 6.92 Å². The number of anilines is 2. The molecule has 7 nitrogen and oxygen atoms in total. The highest BCUT2D eigenvalue weighted by atomic mass is 32.1. The summed E-state index contributed by atoms with van der Waals surface area (Å²) in [6, 6.07) is 7.00. The van der Waals surface area contributed by atoms with Gasteiger partial charge in [0.05, 0.1) is 18.2 Å². The van der Waals surface area contributed by atoms with Crippen molar-refractivity contribution in [3.8, 4) is 0 Å². The van der Waals surface area contributed by atoms with Crippen molar-refractivity contribution in [2.75, 3.05) is 10.6 Å². The second-order valence-corrected chi connectivity index (χ2v) is 6.99. The summed E-state index contributed by atoms with van der Waals surface area (Å²) in [6.07, 6.45) is -0.0624. The molecule has 2 N–H and O–H groups in total. The van der Waals surface area contributed by atoms with Gasteiger partial charge in [0.25, 0.3) is 0 Å². The van der Waals surface area contributed by atoms with Crippen LogP contribution in [-0.2, 0) is 20.7 Å². The highest BCUT2D eigenvalue weighted by molar-refractivity contribution is 7.17. The summed E-state index contributed by atoms with van der Waals surface area (Å²) < 4.78 is 5.16. The van der Waals surface area contributed by atoms with Crippen molar-refractivity contribution in [1.82, 2.24) is 4.98 Å². The van der Waals surface area contributed by atoms with Gasteiger partial charge in [-0.15, -0.1) is 0 Å². The van der Waals surface area contributed by atoms with E-state index in [1.54, 1.807) is 45.0 Å². The van der Waals surface area contributed by atoms with Gasteiger partial charge in [-0.05, 0) is 38.5 Å². The van der Waals surface area contributed by atoms with Gasteiger partial charge >= 0.3 is 5.97 Å². The van der Waals surface area contributed by atoms with Crippen molar-refractivity contribution in [3.63, 3.8) is 0 Å². The van der Waals surface area contributed by atoms with Crippen molar-refractivity contribution in [2.24, 2.45) is 0 Å². The average molecular weight is 375 g/mol. The van der Waals surface area contributed by atoms with Crippen LogP contribution in [0.25, 0.3) is 0 Å². The van der Waals surface area contributed by atoms with Crippen molar-refractivity contribution in [1.29, 1.82) is 0 Å². The van der Waals surface area contributed by atoms with Crippen LogP contribution in [0, 0.1) is 6.92 Å². The maximum Gasteiger partial charge on any atom is 0.350 e. The number of esters is 1. The molecule has 26 heavy (non-hydrogen) atoms. The number of hydrogen-bond donors (Lipinski definition) is 2. The van der Waals surface area contributed by atoms with E-state index >= 15 is 0 Å². The van der Waals surface area contributed by atoms with Crippen LogP contribution in [-0.4, -0.2) is 28.9 Å². The summed E-state index contributed by atoms with van der Waals surface area (Å²) in [5.74, 6) is -0.833. The largest absolute Gasteiger partial charge is 0.459 e. The second-order valence-electron chi connectivity index (χ2n) is 5.99. The molecular weight excluding hydrogens is 354 g/mol. The van der Waals surface area contributed by atoms with Gasteiger partial charge in [0.15, 0.2) is 5.13 Å². The number of rotatable bonds is 6. The van der Waals surface area contributed by atoms with Gasteiger partial charge in [0, 0.05) is 12.6 Å². The monoisotopic (exact) mass is 375 g/mol. The van der Waals surface area contributed by atoms with Gasteiger partial charge in [-0.2, -0.15) is 0 Å². The Morgan fingerprint density at radius 1 is 1.15 bits per heavy atom. The van der Waals surface area contributed by atoms with Crippen molar-refractivity contribution in [3.05, 3.63) is 40.4 Å². The van der Waals surface area contributed by atoms with Crippen LogP contribution in [0.5, 0.6) is 0 Å². The van der Waals surface area contributed by atoms with Crippen LogP contribution < -0.4 is 10.6 Å². The Bertz CT molecular complexity index is 812. The van der Waals surface area contributed by atoms with Gasteiger partial charge in [0.1, 0.15) is 4.88 Å². The molecule has 8 heteroatoms. The van der Waals surface area contributed by atoms with E-state index in [0.29, 0.717) is 21.4 Å². The summed E-state index contributed by atoms with van der Waals surface area (Å²) in [4.78, 5) is 39.8. The van der Waals surface area contributed by atoms with E-state index in [1.807, 2.05) is 0 Å². The molecule has 0 unspecified atom stereocenters. The highest BCUT2D eigenvalue weighted by Crippen LogP contribution is 2.24. The number of thiazole rings is 1. The smallest absolute Gasteiger partial charge is 0.350 e. The molecule has 1 heterocycles. The van der Waals surface area contributed by atoms with E-state index in [4.69, 9.17) is 4.74 Å². The predicted molar refractivity (Wildman–Crippen MR) is 100 cm³/mol. The highest BCUT2D eigenvalue weighted by Gasteiger charge is 2.18. The van der Waals surface area contributed by atoms with E-state index in [9.17, 15) is 14.4 Å². The molecule has 0 spiro atoms. The lowest BCUT2D eigenvalue weighted by Crippen LogP contribution is -2.14. The van der Waals surface area contributed by atoms with Crippen molar-refractivity contribution >= 4 is 39.9 Å². The van der Waals surface area contributed by atoms with Gasteiger partial charge in [0.2, 0.25) is 11.8 Å². The number of aryl methyl sites for hydroxylation is 1. The average Bonchev–Trinajstić information content (AvgIpc) is 2.88. The van der Waals surface area contributed by atoms with E-state index in [2.05, 4.69) is 15.6 Å². The zero-order valence-electron chi connectivity index (χ0n) is 15.1. The van der Waals surface area contributed by atoms with Crippen LogP contribution >= 0.6 is 11.3 Å². The van der Waals surface area contributed by atoms with Crippen LogP contribution in [0.4, 0.5) is 10.8 Å². The molecule has 0 bridgehead atoms. The summed E-state index contributed by atoms with van der Waals surface area (Å²) >= 11 is 1.09. The van der Waals surface area contributed by atoms with Crippen molar-refractivity contribution in [2.45, 2.75) is 40.2 Å². The molecule has 1 aromatic carbocycles. The molecule has 0 saturated carbocycles. The van der Waals surface area contributed by atoms with E-state index < -0.39 is 5.97 Å². The fourth-order valence-corrected chi connectivity index (χ4v) is 3.03. The molecular formula is C18H21N3O4S. The third-order valence-corrected chi connectivity index (χ3v) is 4.26. The Hall–Kier alpha value is -2.74. The summed E-state index contributed by atoms with van der Waals surface area (Å²) in [5.41, 5.74) is 1.99. The normalized spacial score (nSPS) is 10.5. The number of amides is 2. The lowest BCUT2D eigenvalue weighted by atomic mass is 10.1. The minimum atomic E-state index is -0.441. The Morgan fingerprint density at radius 2 is 1.81 bits per heavy atom. The number of carbonyl (C=O) groups is 3. The molecule has 0 saturated heterocycles. The predicted octanol–water partition coefficient (Wildman–Crippen LogP) is 3.16. The fraction of sp³-hybridized carbons (Fsp3) is 0.333. The molecule has 2 rings (SSSR count). The molecule has 0 aliphatic heterocycles. The fourth-order valence-electron chi connectivity index (χ4n) is 2.16. The zero-order chi connectivity index (χ0) is 19.3. The second kappa shape index (κ2) is 8.57. The number of carbonyl (C=O) groups excluding carboxylic acids is 3. The molecule has 138 valence electrons. The number of ether oxygens (including phenoxy) is 1. The third-order valence-electron chi connectivity index (χ3n) is 3.21. The van der Waals surface area contributed by atoms with Gasteiger partial charge in [-0.1, -0.05) is 23.5 Å².